The first-order valence-corrected chi connectivity index (χ1v) is 21.5. The number of benzene rings is 12. The minimum absolute atomic E-state index is 1.21. The van der Waals surface area contributed by atoms with Crippen molar-refractivity contribution >= 4 is 53.9 Å². The van der Waals surface area contributed by atoms with Crippen molar-refractivity contribution in [2.24, 2.45) is 0 Å². The van der Waals surface area contributed by atoms with Crippen molar-refractivity contribution in [3.8, 4) is 66.8 Å². The van der Waals surface area contributed by atoms with Crippen LogP contribution in [0.15, 0.2) is 243 Å². The lowest BCUT2D eigenvalue weighted by Gasteiger charge is -2.18. The first-order chi connectivity index (χ1) is 30.8. The fourth-order valence-corrected chi connectivity index (χ4v) is 9.92. The average Bonchev–Trinajstić information content (AvgIpc) is 3.36. The molecule has 0 aliphatic rings. The summed E-state index contributed by atoms with van der Waals surface area (Å²) in [5.41, 5.74) is 14.7. The lowest BCUT2D eigenvalue weighted by molar-refractivity contribution is 1.58. The third-order valence-electron chi connectivity index (χ3n) is 12.9. The van der Waals surface area contributed by atoms with E-state index in [9.17, 15) is 0 Å². The highest BCUT2D eigenvalue weighted by molar-refractivity contribution is 6.39. The first-order valence-electron chi connectivity index (χ1n) is 21.5. The summed E-state index contributed by atoms with van der Waals surface area (Å²) in [6, 6.07) is 89.2. The quantitative estimate of drug-likeness (QED) is 0.147. The zero-order valence-electron chi connectivity index (χ0n) is 34.1. The SMILES string of the molecule is c1ccc(-c2ccc(-c3ccccc3-c3ccc4c(c3)c3ccccc3c3c5ccc(-c6ccccc6-c6ccc(-c7ccccc7)cc6)cc5c5ccccc5c43)cc2)cc1. The molecule has 0 unspecified atom stereocenters. The van der Waals surface area contributed by atoms with Gasteiger partial charge < -0.3 is 0 Å². The van der Waals surface area contributed by atoms with E-state index in [-0.39, 0.29) is 0 Å². The highest BCUT2D eigenvalue weighted by Gasteiger charge is 2.18. The fourth-order valence-electron chi connectivity index (χ4n) is 9.92. The predicted molar refractivity (Wildman–Crippen MR) is 267 cm³/mol. The summed E-state index contributed by atoms with van der Waals surface area (Å²) in [4.78, 5) is 0. The zero-order valence-corrected chi connectivity index (χ0v) is 34.1. The highest BCUT2D eigenvalue weighted by atomic mass is 14.2. The molecule has 0 bridgehead atoms. The van der Waals surface area contributed by atoms with Crippen molar-refractivity contribution in [2.45, 2.75) is 0 Å². The van der Waals surface area contributed by atoms with Gasteiger partial charge in [-0.1, -0.05) is 231 Å². The summed E-state index contributed by atoms with van der Waals surface area (Å²) in [5, 5.41) is 12.8. The molecule has 0 fully saturated rings. The second-order valence-corrected chi connectivity index (χ2v) is 16.3. The molecule has 12 aromatic carbocycles. The summed E-state index contributed by atoms with van der Waals surface area (Å²) >= 11 is 0. The summed E-state index contributed by atoms with van der Waals surface area (Å²) in [6.45, 7) is 0. The molecule has 0 saturated heterocycles. The van der Waals surface area contributed by atoms with Crippen LogP contribution in [0.3, 0.4) is 0 Å². The molecule has 0 heteroatoms. The Morgan fingerprint density at radius 2 is 0.403 bits per heavy atom. The van der Waals surface area contributed by atoms with Crippen LogP contribution >= 0.6 is 0 Å². The Morgan fingerprint density at radius 1 is 0.145 bits per heavy atom. The van der Waals surface area contributed by atoms with Gasteiger partial charge in [-0.25, -0.2) is 0 Å². The van der Waals surface area contributed by atoms with Crippen molar-refractivity contribution in [1.29, 1.82) is 0 Å². The fraction of sp³-hybridized carbons (Fsp3) is 0. The molecular weight excluding hydrogens is 745 g/mol. The third kappa shape index (κ3) is 5.99. The zero-order chi connectivity index (χ0) is 41.0. The van der Waals surface area contributed by atoms with E-state index in [4.69, 9.17) is 0 Å². The second-order valence-electron chi connectivity index (χ2n) is 16.3. The van der Waals surface area contributed by atoms with Crippen LogP contribution < -0.4 is 0 Å². The molecule has 0 radical (unpaired) electrons. The van der Waals surface area contributed by atoms with Crippen LogP contribution in [-0.2, 0) is 0 Å². The van der Waals surface area contributed by atoms with E-state index in [1.54, 1.807) is 0 Å². The van der Waals surface area contributed by atoms with Crippen molar-refractivity contribution in [2.75, 3.05) is 0 Å². The van der Waals surface area contributed by atoms with Gasteiger partial charge in [-0.2, -0.15) is 0 Å². The van der Waals surface area contributed by atoms with Crippen LogP contribution in [0, 0.1) is 0 Å². The second kappa shape index (κ2) is 14.9. The van der Waals surface area contributed by atoms with Gasteiger partial charge in [0.25, 0.3) is 0 Å². The van der Waals surface area contributed by atoms with E-state index in [1.807, 2.05) is 0 Å². The van der Waals surface area contributed by atoms with Crippen molar-refractivity contribution < 1.29 is 0 Å². The normalized spacial score (nSPS) is 11.5. The molecule has 62 heavy (non-hydrogen) atoms. The molecule has 0 atom stereocenters. The van der Waals surface area contributed by atoms with Gasteiger partial charge in [0.2, 0.25) is 0 Å². The first kappa shape index (κ1) is 35.8. The van der Waals surface area contributed by atoms with E-state index in [2.05, 4.69) is 243 Å². The molecule has 0 amide bonds. The molecule has 288 valence electrons. The Balaban J connectivity index is 1.02. The minimum atomic E-state index is 1.21. The Morgan fingerprint density at radius 3 is 0.790 bits per heavy atom. The van der Waals surface area contributed by atoms with E-state index < -0.39 is 0 Å². The predicted octanol–water partition coefficient (Wildman–Crippen LogP) is 17.5. The van der Waals surface area contributed by atoms with Gasteiger partial charge in [0.15, 0.2) is 0 Å². The van der Waals surface area contributed by atoms with Gasteiger partial charge >= 0.3 is 0 Å². The molecule has 0 N–H and O–H groups in total. The Hall–Kier alpha value is -8.06. The lowest BCUT2D eigenvalue weighted by atomic mass is 9.84. The molecule has 12 aromatic rings. The average molecular weight is 785 g/mol. The highest BCUT2D eigenvalue weighted by Crippen LogP contribution is 2.46. The van der Waals surface area contributed by atoms with Crippen LogP contribution in [0.2, 0.25) is 0 Å². The molecule has 0 spiro atoms. The molecule has 0 aliphatic heterocycles. The number of rotatable bonds is 6. The maximum atomic E-state index is 2.43. The summed E-state index contributed by atoms with van der Waals surface area (Å²) in [5.74, 6) is 0. The minimum Gasteiger partial charge on any atom is -0.0622 e. The van der Waals surface area contributed by atoms with Gasteiger partial charge in [0, 0.05) is 0 Å². The van der Waals surface area contributed by atoms with Gasteiger partial charge in [-0.15, -0.1) is 0 Å². The standard InChI is InChI=1S/C62H40/c1-3-15-41(16-4-1)43-27-31-45(32-28-43)49-19-7-9-21-51(49)47-35-37-57-59(39-47)53-23-11-13-25-55(53)62-58-38-36-48(40-60(58)54-24-12-14-26-56(54)61(57)62)52-22-10-8-20-50(52)46-33-29-44(30-34-46)42-17-5-2-6-18-42/h1-40H. The van der Waals surface area contributed by atoms with Gasteiger partial charge in [-0.05, 0) is 133 Å². The molecule has 12 rings (SSSR count). The summed E-state index contributed by atoms with van der Waals surface area (Å²) < 4.78 is 0. The monoisotopic (exact) mass is 784 g/mol. The number of fused-ring (bicyclic) bond motifs is 11. The van der Waals surface area contributed by atoms with E-state index >= 15 is 0 Å². The largest absolute Gasteiger partial charge is 0.0622 e. The number of hydrogen-bond acceptors (Lipinski definition) is 0. The van der Waals surface area contributed by atoms with Crippen LogP contribution in [-0.4, -0.2) is 0 Å². The number of hydrogen-bond donors (Lipinski definition) is 0. The van der Waals surface area contributed by atoms with E-state index in [0.29, 0.717) is 0 Å². The Labute approximate surface area is 361 Å². The maximum Gasteiger partial charge on any atom is -0.00139 e. The van der Waals surface area contributed by atoms with Crippen molar-refractivity contribution in [3.63, 3.8) is 0 Å². The molecule has 0 heterocycles. The van der Waals surface area contributed by atoms with Crippen LogP contribution in [0.4, 0.5) is 0 Å². The topological polar surface area (TPSA) is 0 Å². The smallest absolute Gasteiger partial charge is 0.00139 e. The summed E-state index contributed by atoms with van der Waals surface area (Å²) in [7, 11) is 0. The molecule has 0 aliphatic carbocycles. The Kier molecular flexibility index (Phi) is 8.61. The maximum absolute atomic E-state index is 2.43. The van der Waals surface area contributed by atoms with Gasteiger partial charge in [0.05, 0.1) is 0 Å². The van der Waals surface area contributed by atoms with Gasteiger partial charge in [0.1, 0.15) is 0 Å². The van der Waals surface area contributed by atoms with Crippen LogP contribution in [0.1, 0.15) is 0 Å². The van der Waals surface area contributed by atoms with Crippen molar-refractivity contribution in [1.82, 2.24) is 0 Å². The Bertz CT molecular complexity index is 3390. The van der Waals surface area contributed by atoms with Crippen molar-refractivity contribution in [3.05, 3.63) is 243 Å². The van der Waals surface area contributed by atoms with Crippen LogP contribution in [0.5, 0.6) is 0 Å². The van der Waals surface area contributed by atoms with E-state index in [0.717, 1.165) is 0 Å². The lowest BCUT2D eigenvalue weighted by Crippen LogP contribution is -1.91. The molecular formula is C62H40. The molecule has 0 saturated carbocycles. The summed E-state index contributed by atoms with van der Waals surface area (Å²) in [6.07, 6.45) is 0. The molecule has 0 nitrogen and oxygen atoms in total. The van der Waals surface area contributed by atoms with Gasteiger partial charge in [-0.3, -0.25) is 0 Å². The third-order valence-corrected chi connectivity index (χ3v) is 12.9. The van der Waals surface area contributed by atoms with Crippen LogP contribution in [0.25, 0.3) is 121 Å². The van der Waals surface area contributed by atoms with E-state index in [1.165, 1.54) is 121 Å². The molecule has 0 aromatic heterocycles.